The highest BCUT2D eigenvalue weighted by Crippen LogP contribution is 2.48. The number of para-hydroxylation sites is 2. The number of hydrogen-bond donors (Lipinski definition) is 2. The average Bonchev–Trinajstić information content (AvgIpc) is 3.99. The molecule has 4 aromatic rings. The Labute approximate surface area is 280 Å². The van der Waals surface area contributed by atoms with Crippen molar-refractivity contribution in [2.24, 2.45) is 11.8 Å². The van der Waals surface area contributed by atoms with Gasteiger partial charge in [-0.3, -0.25) is 4.79 Å². The number of rotatable bonds is 11. The van der Waals surface area contributed by atoms with Crippen LogP contribution in [0.5, 0.6) is 5.75 Å². The number of ether oxygens (including phenoxy) is 2. The van der Waals surface area contributed by atoms with Crippen LogP contribution >= 0.6 is 0 Å². The number of halogens is 3. The van der Waals surface area contributed by atoms with Crippen molar-refractivity contribution in [3.8, 4) is 17.0 Å². The molecule has 258 valence electrons. The molecule has 2 heterocycles. The number of fused-ring (bicyclic) bond motifs is 3. The van der Waals surface area contributed by atoms with Crippen LogP contribution in [0.1, 0.15) is 79.0 Å². The summed E-state index contributed by atoms with van der Waals surface area (Å²) in [5, 5.41) is 7.24. The summed E-state index contributed by atoms with van der Waals surface area (Å²) >= 11 is 0. The molecular formula is C34H34F3N5O6S. The molecule has 2 atom stereocenters. The van der Waals surface area contributed by atoms with Crippen molar-refractivity contribution in [1.29, 1.82) is 0 Å². The van der Waals surface area contributed by atoms with Crippen LogP contribution in [0, 0.1) is 11.8 Å². The molecule has 49 heavy (non-hydrogen) atoms. The number of carbonyl (C=O) groups excluding carboxylic acids is 1. The number of aromatic nitrogens is 3. The molecule has 2 aromatic heterocycles. The number of carbonyl (C=O) groups is 1. The van der Waals surface area contributed by atoms with Crippen molar-refractivity contribution in [2.75, 3.05) is 5.32 Å². The van der Waals surface area contributed by atoms with Crippen molar-refractivity contribution in [3.05, 3.63) is 65.5 Å². The first-order valence-corrected chi connectivity index (χ1v) is 18.1. The fraction of sp³-hybridized carbons (Fsp3) is 0.471. The normalized spacial score (nSPS) is 23.8. The molecule has 2 aromatic carbocycles. The van der Waals surface area contributed by atoms with Crippen LogP contribution in [-0.4, -0.2) is 53.2 Å². The summed E-state index contributed by atoms with van der Waals surface area (Å²) in [4.78, 5) is 22.0. The first-order valence-electron chi connectivity index (χ1n) is 16.6. The molecule has 4 fully saturated rings. The van der Waals surface area contributed by atoms with E-state index in [1.807, 2.05) is 0 Å². The minimum atomic E-state index is -4.85. The smallest absolute Gasteiger partial charge is 0.405 e. The number of benzene rings is 2. The highest BCUT2D eigenvalue weighted by molar-refractivity contribution is 7.91. The molecule has 2 bridgehead atoms. The lowest BCUT2D eigenvalue weighted by atomic mass is 9.82. The predicted octanol–water partition coefficient (Wildman–Crippen LogP) is 6.47. The van der Waals surface area contributed by atoms with E-state index in [1.165, 1.54) is 18.2 Å². The molecule has 4 saturated carbocycles. The Morgan fingerprint density at radius 2 is 1.73 bits per heavy atom. The second-order valence-electron chi connectivity index (χ2n) is 13.5. The summed E-state index contributed by atoms with van der Waals surface area (Å²) in [5.41, 5.74) is 2.12. The SMILES string of the molecule is O=C(NS(=O)(=O)C1CC1)c1cccc2nc(NC3C4CCC3CC(OCc3c(-c5ccccc5OC(F)(F)F)noc3C3CC3)C4)cnc12. The summed E-state index contributed by atoms with van der Waals surface area (Å²) in [6.07, 6.45) is 3.23. The summed E-state index contributed by atoms with van der Waals surface area (Å²) < 4.78 is 82.8. The van der Waals surface area contributed by atoms with Crippen LogP contribution in [0.25, 0.3) is 22.3 Å². The number of hydrogen-bond acceptors (Lipinski definition) is 10. The zero-order valence-corrected chi connectivity index (χ0v) is 27.1. The molecule has 2 unspecified atom stereocenters. The Morgan fingerprint density at radius 3 is 2.45 bits per heavy atom. The first-order chi connectivity index (χ1) is 23.5. The van der Waals surface area contributed by atoms with Crippen molar-refractivity contribution in [1.82, 2.24) is 19.8 Å². The van der Waals surface area contributed by atoms with Crippen molar-refractivity contribution >= 4 is 32.8 Å². The third-order valence-electron chi connectivity index (χ3n) is 9.98. The summed E-state index contributed by atoms with van der Waals surface area (Å²) in [6, 6.07) is 11.0. The number of amides is 1. The lowest BCUT2D eigenvalue weighted by molar-refractivity contribution is -0.274. The van der Waals surface area contributed by atoms with Gasteiger partial charge in [0.15, 0.2) is 0 Å². The Morgan fingerprint density at radius 1 is 0.980 bits per heavy atom. The third-order valence-corrected chi connectivity index (χ3v) is 11.8. The second kappa shape index (κ2) is 12.3. The van der Waals surface area contributed by atoms with Crippen molar-refractivity contribution in [3.63, 3.8) is 0 Å². The number of sulfonamides is 1. The van der Waals surface area contributed by atoms with Gasteiger partial charge >= 0.3 is 6.36 Å². The van der Waals surface area contributed by atoms with E-state index in [4.69, 9.17) is 14.2 Å². The molecule has 0 radical (unpaired) electrons. The van der Waals surface area contributed by atoms with Crippen LogP contribution in [0.2, 0.25) is 0 Å². The molecule has 2 N–H and O–H groups in total. The lowest BCUT2D eigenvalue weighted by Crippen LogP contribution is -2.39. The van der Waals surface area contributed by atoms with Gasteiger partial charge in [0.05, 0.1) is 35.2 Å². The van der Waals surface area contributed by atoms with Gasteiger partial charge in [-0.1, -0.05) is 23.4 Å². The monoisotopic (exact) mass is 697 g/mol. The van der Waals surface area contributed by atoms with Gasteiger partial charge in [0, 0.05) is 23.1 Å². The van der Waals surface area contributed by atoms with Gasteiger partial charge in [0.2, 0.25) is 10.0 Å². The highest BCUT2D eigenvalue weighted by atomic mass is 32.2. The maximum absolute atomic E-state index is 13.2. The average molecular weight is 698 g/mol. The molecular weight excluding hydrogens is 663 g/mol. The largest absolute Gasteiger partial charge is 0.573 e. The molecule has 0 saturated heterocycles. The fourth-order valence-electron chi connectivity index (χ4n) is 7.37. The first kappa shape index (κ1) is 32.0. The molecule has 15 heteroatoms. The predicted molar refractivity (Wildman–Crippen MR) is 171 cm³/mol. The van der Waals surface area contributed by atoms with Gasteiger partial charge in [0.25, 0.3) is 5.91 Å². The standard InChI is InChI=1S/C34H34F3N5O6S/c35-34(36,37)47-27-7-2-1-4-23(27)30-25(32(48-41-30)18-8-9-18)17-46-21-14-19-10-11-20(15-21)29(19)40-28-16-38-31-24(5-3-6-26(31)39-28)33(43)42-49(44,45)22-12-13-22/h1-7,16,18-22,29H,8-15,17H2,(H,39,40)(H,42,43). The van der Waals surface area contributed by atoms with Gasteiger partial charge in [-0.2, -0.15) is 0 Å². The van der Waals surface area contributed by atoms with E-state index >= 15 is 0 Å². The zero-order valence-electron chi connectivity index (χ0n) is 26.3. The molecule has 11 nitrogen and oxygen atoms in total. The fourth-order valence-corrected chi connectivity index (χ4v) is 8.66. The number of alkyl halides is 3. The molecule has 4 aliphatic rings. The number of anilines is 1. The van der Waals surface area contributed by atoms with Crippen molar-refractivity contribution < 1.29 is 40.4 Å². The molecule has 8 rings (SSSR count). The van der Waals surface area contributed by atoms with Gasteiger partial charge < -0.3 is 19.3 Å². The summed E-state index contributed by atoms with van der Waals surface area (Å²) in [5.74, 6) is 0.958. The summed E-state index contributed by atoms with van der Waals surface area (Å²) in [6.45, 7) is 0.168. The highest BCUT2D eigenvalue weighted by Gasteiger charge is 2.44. The van der Waals surface area contributed by atoms with Gasteiger partial charge in [-0.05, 0) is 87.5 Å². The minimum absolute atomic E-state index is 0.0531. The maximum atomic E-state index is 13.2. The number of nitrogens with one attached hydrogen (secondary N) is 2. The van der Waals surface area contributed by atoms with E-state index in [0.717, 1.165) is 38.5 Å². The third kappa shape index (κ3) is 6.70. The van der Waals surface area contributed by atoms with Gasteiger partial charge in [-0.25, -0.2) is 23.1 Å². The topological polar surface area (TPSA) is 146 Å². The minimum Gasteiger partial charge on any atom is -0.405 e. The van der Waals surface area contributed by atoms with Crippen molar-refractivity contribution in [2.45, 2.75) is 87.6 Å². The van der Waals surface area contributed by atoms with E-state index in [0.29, 0.717) is 58.5 Å². The Kier molecular flexibility index (Phi) is 8.01. The molecule has 0 aliphatic heterocycles. The van der Waals surface area contributed by atoms with Gasteiger partial charge in [-0.15, -0.1) is 13.2 Å². The van der Waals surface area contributed by atoms with Gasteiger partial charge in [0.1, 0.15) is 28.5 Å². The molecule has 4 aliphatic carbocycles. The number of nitrogens with zero attached hydrogens (tertiary/aromatic N) is 3. The summed E-state index contributed by atoms with van der Waals surface area (Å²) in [7, 11) is -3.70. The zero-order chi connectivity index (χ0) is 33.9. The molecule has 1 amide bonds. The van der Waals surface area contributed by atoms with Crippen LogP contribution in [0.4, 0.5) is 19.0 Å². The quantitative estimate of drug-likeness (QED) is 0.179. The van der Waals surface area contributed by atoms with E-state index in [-0.39, 0.29) is 41.5 Å². The van der Waals surface area contributed by atoms with E-state index < -0.39 is 27.5 Å². The van der Waals surface area contributed by atoms with Crippen LogP contribution in [0.3, 0.4) is 0 Å². The van der Waals surface area contributed by atoms with Crippen LogP contribution < -0.4 is 14.8 Å². The van der Waals surface area contributed by atoms with Crippen LogP contribution in [-0.2, 0) is 21.4 Å². The van der Waals surface area contributed by atoms with E-state index in [9.17, 15) is 26.4 Å². The molecule has 0 spiro atoms. The van der Waals surface area contributed by atoms with Crippen LogP contribution in [0.15, 0.2) is 53.2 Å². The Hall–Kier alpha value is -4.24. The lowest BCUT2D eigenvalue weighted by Gasteiger charge is -2.36. The van der Waals surface area contributed by atoms with E-state index in [1.54, 1.807) is 30.5 Å². The second-order valence-corrected chi connectivity index (χ2v) is 15.4. The van der Waals surface area contributed by atoms with E-state index in [2.05, 4.69) is 24.9 Å². The Bertz CT molecular complexity index is 2000. The Balaban J connectivity index is 0.946. The maximum Gasteiger partial charge on any atom is 0.573 e.